The van der Waals surface area contributed by atoms with Crippen molar-refractivity contribution in [2.45, 2.75) is 31.8 Å². The molecule has 2 atom stereocenters. The van der Waals surface area contributed by atoms with Crippen LogP contribution in [0.1, 0.15) is 18.9 Å². The van der Waals surface area contributed by atoms with Gasteiger partial charge >= 0.3 is 0 Å². The van der Waals surface area contributed by atoms with Crippen LogP contribution in [0, 0.1) is 0 Å². The highest BCUT2D eigenvalue weighted by molar-refractivity contribution is 7.89. The Morgan fingerprint density at radius 3 is 2.54 bits per heavy atom. The van der Waals surface area contributed by atoms with Crippen LogP contribution in [-0.2, 0) is 31.8 Å². The molecule has 9 nitrogen and oxygen atoms in total. The van der Waals surface area contributed by atoms with Crippen molar-refractivity contribution in [3.05, 3.63) is 76.8 Å². The van der Waals surface area contributed by atoms with Gasteiger partial charge in [-0.25, -0.2) is 13.4 Å². The number of halogens is 2. The van der Waals surface area contributed by atoms with Crippen molar-refractivity contribution in [3.8, 4) is 5.75 Å². The molecule has 12 heteroatoms. The lowest BCUT2D eigenvalue weighted by atomic mass is 10.1. The molecule has 0 bridgehead atoms. The molecule has 0 aliphatic carbocycles. The number of benzene rings is 2. The summed E-state index contributed by atoms with van der Waals surface area (Å²) in [7, 11) is -3.16. The number of imidazole rings is 1. The topological polar surface area (TPSA) is 86.1 Å². The zero-order valence-corrected chi connectivity index (χ0v) is 24.0. The summed E-state index contributed by atoms with van der Waals surface area (Å²) in [6.07, 6.45) is 5.55. The number of nitrogens with zero attached hydrogens (tertiary/aromatic N) is 4. The molecule has 2 saturated heterocycles. The largest absolute Gasteiger partial charge is 0.491 e. The van der Waals surface area contributed by atoms with Gasteiger partial charge in [0.25, 0.3) is 0 Å². The van der Waals surface area contributed by atoms with Gasteiger partial charge in [-0.2, -0.15) is 4.31 Å². The van der Waals surface area contributed by atoms with E-state index in [1.54, 1.807) is 29.0 Å². The fourth-order valence-electron chi connectivity index (χ4n) is 4.93. The molecule has 2 aliphatic heterocycles. The van der Waals surface area contributed by atoms with E-state index in [2.05, 4.69) is 9.88 Å². The second-order valence-electron chi connectivity index (χ2n) is 9.67. The van der Waals surface area contributed by atoms with Crippen molar-refractivity contribution >= 4 is 38.9 Å². The molecule has 0 radical (unpaired) electrons. The normalized spacial score (nSPS) is 22.3. The summed E-state index contributed by atoms with van der Waals surface area (Å²) in [5.74, 6) is -0.192. The Morgan fingerprint density at radius 2 is 1.87 bits per heavy atom. The number of hydrogen-bond donors (Lipinski definition) is 0. The molecule has 0 N–H and O–H groups in total. The number of hydrogen-bond acceptors (Lipinski definition) is 7. The smallest absolute Gasteiger partial charge is 0.215 e. The van der Waals surface area contributed by atoms with Crippen LogP contribution in [0.4, 0.5) is 5.69 Å². The first kappa shape index (κ1) is 28.2. The Hall–Kier alpha value is -2.34. The summed E-state index contributed by atoms with van der Waals surface area (Å²) in [6, 6.07) is 13.1. The highest BCUT2D eigenvalue weighted by atomic mass is 35.5. The van der Waals surface area contributed by atoms with Crippen LogP contribution in [-0.4, -0.2) is 73.5 Å². The van der Waals surface area contributed by atoms with Crippen LogP contribution in [0.2, 0.25) is 10.0 Å². The van der Waals surface area contributed by atoms with Gasteiger partial charge in [-0.15, -0.1) is 0 Å². The third kappa shape index (κ3) is 6.53. The number of anilines is 1. The van der Waals surface area contributed by atoms with E-state index in [9.17, 15) is 8.42 Å². The molecular formula is C27H32Cl2N4O5S. The fraction of sp³-hybridized carbons (Fsp3) is 0.444. The second kappa shape index (κ2) is 12.0. The molecule has 0 saturated carbocycles. The van der Waals surface area contributed by atoms with Crippen LogP contribution >= 0.6 is 23.2 Å². The Kier molecular flexibility index (Phi) is 8.70. The summed E-state index contributed by atoms with van der Waals surface area (Å²) in [5.41, 5.74) is 1.73. The minimum Gasteiger partial charge on any atom is -0.491 e. The standard InChI is InChI=1S/C27H32Cl2N4O5S/c1-2-15-39(34,35)33-13-11-32(12-14-33)22-4-6-23(7-5-22)36-17-24-18-37-27(38-24,19-31-10-9-30-20-31)25-8-3-21(28)16-26(25)29/h3-10,16,20,24H,2,11-15,17-19H2,1H3/t24-,27-/m1/s1. The van der Waals surface area contributed by atoms with Gasteiger partial charge in [0.15, 0.2) is 0 Å². The van der Waals surface area contributed by atoms with Gasteiger partial charge in [-0.1, -0.05) is 36.2 Å². The highest BCUT2D eigenvalue weighted by Crippen LogP contribution is 2.40. The number of piperazine rings is 1. The van der Waals surface area contributed by atoms with E-state index in [0.29, 0.717) is 73.7 Å². The minimum absolute atomic E-state index is 0.201. The van der Waals surface area contributed by atoms with Gasteiger partial charge in [0.2, 0.25) is 15.8 Å². The molecule has 5 rings (SSSR count). The lowest BCUT2D eigenvalue weighted by molar-refractivity contribution is -0.189. The summed E-state index contributed by atoms with van der Waals surface area (Å²) >= 11 is 12.7. The van der Waals surface area contributed by atoms with Crippen LogP contribution in [0.5, 0.6) is 5.75 Å². The summed E-state index contributed by atoms with van der Waals surface area (Å²) in [6.45, 7) is 5.19. The van der Waals surface area contributed by atoms with Gasteiger partial charge in [0.05, 0.1) is 30.3 Å². The maximum Gasteiger partial charge on any atom is 0.215 e. The van der Waals surface area contributed by atoms with Crippen molar-refractivity contribution in [1.82, 2.24) is 13.9 Å². The van der Waals surface area contributed by atoms with Crippen LogP contribution < -0.4 is 9.64 Å². The van der Waals surface area contributed by atoms with E-state index in [-0.39, 0.29) is 11.9 Å². The van der Waals surface area contributed by atoms with Crippen molar-refractivity contribution in [3.63, 3.8) is 0 Å². The third-order valence-electron chi connectivity index (χ3n) is 6.88. The van der Waals surface area contributed by atoms with Crippen LogP contribution in [0.25, 0.3) is 0 Å². The number of aromatic nitrogens is 2. The average molecular weight is 596 g/mol. The molecule has 2 fully saturated rings. The molecule has 3 aromatic rings. The molecule has 3 heterocycles. The second-order valence-corrected chi connectivity index (χ2v) is 12.6. The molecule has 39 heavy (non-hydrogen) atoms. The van der Waals surface area contributed by atoms with Crippen molar-refractivity contribution in [1.29, 1.82) is 0 Å². The monoisotopic (exact) mass is 594 g/mol. The predicted molar refractivity (Wildman–Crippen MR) is 151 cm³/mol. The number of rotatable bonds is 10. The molecule has 0 unspecified atom stereocenters. The molecule has 2 aliphatic rings. The molecule has 0 amide bonds. The molecule has 2 aromatic carbocycles. The van der Waals surface area contributed by atoms with Crippen molar-refractivity contribution in [2.24, 2.45) is 0 Å². The van der Waals surface area contributed by atoms with E-state index in [1.165, 1.54) is 0 Å². The van der Waals surface area contributed by atoms with Gasteiger partial charge in [0, 0.05) is 54.8 Å². The van der Waals surface area contributed by atoms with Gasteiger partial charge in [-0.3, -0.25) is 0 Å². The highest BCUT2D eigenvalue weighted by Gasteiger charge is 2.45. The Bertz CT molecular complexity index is 1350. The third-order valence-corrected chi connectivity index (χ3v) is 9.51. The van der Waals surface area contributed by atoms with Crippen LogP contribution in [0.3, 0.4) is 0 Å². The van der Waals surface area contributed by atoms with E-state index < -0.39 is 15.8 Å². The zero-order chi connectivity index (χ0) is 27.5. The first-order valence-corrected chi connectivity index (χ1v) is 15.3. The molecule has 0 spiro atoms. The SMILES string of the molecule is CCCS(=O)(=O)N1CCN(c2ccc(OC[C@@H]3CO[C@@](Cn4ccnc4)(c4ccc(Cl)cc4Cl)O3)cc2)CC1. The first-order chi connectivity index (χ1) is 18.8. The van der Waals surface area contributed by atoms with Gasteiger partial charge in [0.1, 0.15) is 18.5 Å². The van der Waals surface area contributed by atoms with Crippen molar-refractivity contribution in [2.75, 3.05) is 50.0 Å². The van der Waals surface area contributed by atoms with E-state index >= 15 is 0 Å². The Balaban J connectivity index is 1.19. The summed E-state index contributed by atoms with van der Waals surface area (Å²) in [5, 5.41) is 0.995. The number of ether oxygens (including phenoxy) is 3. The average Bonchev–Trinajstić information content (AvgIpc) is 3.58. The zero-order valence-electron chi connectivity index (χ0n) is 21.7. The van der Waals surface area contributed by atoms with E-state index in [4.69, 9.17) is 37.4 Å². The lowest BCUT2D eigenvalue weighted by Gasteiger charge is -2.35. The van der Waals surface area contributed by atoms with E-state index in [1.807, 2.05) is 48.0 Å². The van der Waals surface area contributed by atoms with Crippen LogP contribution in [0.15, 0.2) is 61.2 Å². The molecular weight excluding hydrogens is 563 g/mol. The number of sulfonamides is 1. The maximum absolute atomic E-state index is 12.3. The van der Waals surface area contributed by atoms with Gasteiger partial charge < -0.3 is 23.7 Å². The summed E-state index contributed by atoms with van der Waals surface area (Å²) < 4.78 is 46.9. The lowest BCUT2D eigenvalue weighted by Crippen LogP contribution is -2.49. The molecule has 1 aromatic heterocycles. The Morgan fingerprint density at radius 1 is 1.10 bits per heavy atom. The van der Waals surface area contributed by atoms with E-state index in [0.717, 1.165) is 5.69 Å². The first-order valence-electron chi connectivity index (χ1n) is 13.0. The predicted octanol–water partition coefficient (Wildman–Crippen LogP) is 4.40. The van der Waals surface area contributed by atoms with Crippen molar-refractivity contribution < 1.29 is 22.6 Å². The quantitative estimate of drug-likeness (QED) is 0.344. The Labute approximate surface area is 239 Å². The fourth-order valence-corrected chi connectivity index (χ4v) is 6.98. The molecule has 210 valence electrons. The summed E-state index contributed by atoms with van der Waals surface area (Å²) in [4.78, 5) is 6.31. The maximum atomic E-state index is 12.3. The minimum atomic E-state index is -3.16. The van der Waals surface area contributed by atoms with Gasteiger partial charge in [-0.05, 0) is 42.8 Å².